The van der Waals surface area contributed by atoms with Gasteiger partial charge in [-0.2, -0.15) is 0 Å². The number of nitrogen functional groups attached to an aromatic ring is 1. The van der Waals surface area contributed by atoms with Gasteiger partial charge in [0.2, 0.25) is 5.95 Å². The molecule has 102 valence electrons. The average Bonchev–Trinajstić information content (AvgIpc) is 2.73. The zero-order chi connectivity index (χ0) is 14.3. The predicted molar refractivity (Wildman–Crippen MR) is 82.2 cm³/mol. The molecule has 0 aliphatic rings. The Balaban J connectivity index is 2.19. The Bertz CT molecular complexity index is 782. The molecule has 20 heavy (non-hydrogen) atoms. The van der Waals surface area contributed by atoms with E-state index in [4.69, 9.17) is 28.9 Å². The Hall–Kier alpha value is -1.78. The topological polar surface area (TPSA) is 56.7 Å². The molecule has 0 fully saturated rings. The highest BCUT2D eigenvalue weighted by atomic mass is 35.5. The molecule has 0 radical (unpaired) electrons. The van der Waals surface area contributed by atoms with Gasteiger partial charge in [0.05, 0.1) is 11.1 Å². The van der Waals surface area contributed by atoms with E-state index in [1.54, 1.807) is 12.3 Å². The van der Waals surface area contributed by atoms with E-state index in [0.717, 1.165) is 5.56 Å². The molecule has 6 heteroatoms. The first kappa shape index (κ1) is 13.2. The Morgan fingerprint density at radius 2 is 2.00 bits per heavy atom. The maximum absolute atomic E-state index is 6.25. The molecule has 0 aliphatic heterocycles. The van der Waals surface area contributed by atoms with Crippen LogP contribution in [-0.4, -0.2) is 14.5 Å². The van der Waals surface area contributed by atoms with Gasteiger partial charge in [0.15, 0.2) is 5.65 Å². The van der Waals surface area contributed by atoms with E-state index in [0.29, 0.717) is 27.2 Å². The standard InChI is InChI=1S/C14H12Cl2N4/c1-8(10-4-2-3-5-11(10)16)20-13-12(19-14(20)17)6-9(15)7-18-13/h2-8H,1H3,(H2,17,19). The number of fused-ring (bicyclic) bond motifs is 1. The van der Waals surface area contributed by atoms with Crippen molar-refractivity contribution in [2.24, 2.45) is 0 Å². The first-order valence-electron chi connectivity index (χ1n) is 6.11. The van der Waals surface area contributed by atoms with Gasteiger partial charge in [-0.3, -0.25) is 4.57 Å². The number of anilines is 1. The molecule has 0 spiro atoms. The van der Waals surface area contributed by atoms with Gasteiger partial charge in [-0.1, -0.05) is 41.4 Å². The van der Waals surface area contributed by atoms with Crippen LogP contribution >= 0.6 is 23.2 Å². The van der Waals surface area contributed by atoms with Gasteiger partial charge in [-0.05, 0) is 24.6 Å². The number of halogens is 2. The van der Waals surface area contributed by atoms with Crippen molar-refractivity contribution < 1.29 is 0 Å². The van der Waals surface area contributed by atoms with Crippen LogP contribution in [0, 0.1) is 0 Å². The summed E-state index contributed by atoms with van der Waals surface area (Å²) in [7, 11) is 0. The number of hydrogen-bond donors (Lipinski definition) is 1. The largest absolute Gasteiger partial charge is 0.369 e. The first-order valence-corrected chi connectivity index (χ1v) is 6.87. The summed E-state index contributed by atoms with van der Waals surface area (Å²) in [4.78, 5) is 8.62. The summed E-state index contributed by atoms with van der Waals surface area (Å²) in [5.74, 6) is 0.391. The fourth-order valence-corrected chi connectivity index (χ4v) is 2.76. The number of rotatable bonds is 2. The van der Waals surface area contributed by atoms with Crippen molar-refractivity contribution in [3.05, 3.63) is 52.1 Å². The summed E-state index contributed by atoms with van der Waals surface area (Å²) in [5, 5.41) is 1.22. The number of nitrogens with two attached hydrogens (primary N) is 1. The van der Waals surface area contributed by atoms with Crippen LogP contribution in [0.1, 0.15) is 18.5 Å². The SMILES string of the molecule is CC(c1ccccc1Cl)n1c(N)nc2cc(Cl)cnc21. The molecular weight excluding hydrogens is 295 g/mol. The lowest BCUT2D eigenvalue weighted by Crippen LogP contribution is -2.11. The summed E-state index contributed by atoms with van der Waals surface area (Å²) in [6, 6.07) is 9.34. The van der Waals surface area contributed by atoms with Crippen LogP contribution in [0.2, 0.25) is 10.0 Å². The molecule has 1 aromatic carbocycles. The van der Waals surface area contributed by atoms with E-state index < -0.39 is 0 Å². The fourth-order valence-electron chi connectivity index (χ4n) is 2.31. The van der Waals surface area contributed by atoms with Crippen LogP contribution < -0.4 is 5.73 Å². The van der Waals surface area contributed by atoms with Crippen molar-refractivity contribution in [2.75, 3.05) is 5.73 Å². The van der Waals surface area contributed by atoms with E-state index in [2.05, 4.69) is 9.97 Å². The monoisotopic (exact) mass is 306 g/mol. The van der Waals surface area contributed by atoms with Gasteiger partial charge in [0.25, 0.3) is 0 Å². The number of imidazole rings is 1. The second kappa shape index (κ2) is 4.96. The molecule has 0 amide bonds. The first-order chi connectivity index (χ1) is 9.58. The third-order valence-electron chi connectivity index (χ3n) is 3.27. The number of pyridine rings is 1. The molecule has 4 nitrogen and oxygen atoms in total. The average molecular weight is 307 g/mol. The lowest BCUT2D eigenvalue weighted by atomic mass is 10.1. The molecule has 3 aromatic rings. The highest BCUT2D eigenvalue weighted by Gasteiger charge is 2.18. The van der Waals surface area contributed by atoms with Crippen molar-refractivity contribution in [3.8, 4) is 0 Å². The summed E-state index contributed by atoms with van der Waals surface area (Å²) in [6.45, 7) is 2.01. The van der Waals surface area contributed by atoms with Crippen molar-refractivity contribution in [1.82, 2.24) is 14.5 Å². The molecule has 3 rings (SSSR count). The van der Waals surface area contributed by atoms with Crippen LogP contribution in [0.3, 0.4) is 0 Å². The summed E-state index contributed by atoms with van der Waals surface area (Å²) in [5.41, 5.74) is 8.36. The number of hydrogen-bond acceptors (Lipinski definition) is 3. The van der Waals surface area contributed by atoms with E-state index in [1.807, 2.05) is 35.8 Å². The third kappa shape index (κ3) is 2.11. The Labute approximate surface area is 126 Å². The lowest BCUT2D eigenvalue weighted by Gasteiger charge is -2.17. The molecule has 1 atom stereocenters. The highest BCUT2D eigenvalue weighted by molar-refractivity contribution is 6.31. The Morgan fingerprint density at radius 3 is 2.75 bits per heavy atom. The maximum Gasteiger partial charge on any atom is 0.203 e. The van der Waals surface area contributed by atoms with Gasteiger partial charge in [-0.25, -0.2) is 9.97 Å². The van der Waals surface area contributed by atoms with Crippen LogP contribution in [0.5, 0.6) is 0 Å². The zero-order valence-corrected chi connectivity index (χ0v) is 12.2. The van der Waals surface area contributed by atoms with Gasteiger partial charge < -0.3 is 5.73 Å². The van der Waals surface area contributed by atoms with Gasteiger partial charge in [0.1, 0.15) is 5.52 Å². The lowest BCUT2D eigenvalue weighted by molar-refractivity contribution is 0.662. The molecule has 0 bridgehead atoms. The van der Waals surface area contributed by atoms with Crippen LogP contribution in [0.15, 0.2) is 36.5 Å². The molecule has 0 aliphatic carbocycles. The molecule has 0 saturated heterocycles. The van der Waals surface area contributed by atoms with E-state index >= 15 is 0 Å². The summed E-state index contributed by atoms with van der Waals surface area (Å²) in [6.07, 6.45) is 1.58. The number of nitrogens with zero attached hydrogens (tertiary/aromatic N) is 3. The van der Waals surface area contributed by atoms with Crippen molar-refractivity contribution in [1.29, 1.82) is 0 Å². The molecule has 0 saturated carbocycles. The van der Waals surface area contributed by atoms with Gasteiger partial charge in [-0.15, -0.1) is 0 Å². The van der Waals surface area contributed by atoms with E-state index in [-0.39, 0.29) is 6.04 Å². The summed E-state index contributed by atoms with van der Waals surface area (Å²) >= 11 is 12.2. The van der Waals surface area contributed by atoms with Crippen LogP contribution in [0.25, 0.3) is 11.2 Å². The second-order valence-electron chi connectivity index (χ2n) is 4.53. The molecule has 1 unspecified atom stereocenters. The summed E-state index contributed by atoms with van der Waals surface area (Å²) < 4.78 is 1.85. The van der Waals surface area contributed by atoms with Crippen molar-refractivity contribution in [3.63, 3.8) is 0 Å². The fraction of sp³-hybridized carbons (Fsp3) is 0.143. The van der Waals surface area contributed by atoms with E-state index in [9.17, 15) is 0 Å². The molecule has 2 N–H and O–H groups in total. The third-order valence-corrected chi connectivity index (χ3v) is 3.82. The van der Waals surface area contributed by atoms with Gasteiger partial charge >= 0.3 is 0 Å². The Morgan fingerprint density at radius 1 is 1.25 bits per heavy atom. The van der Waals surface area contributed by atoms with Crippen LogP contribution in [-0.2, 0) is 0 Å². The Kier molecular flexibility index (Phi) is 3.28. The number of aromatic nitrogens is 3. The molecule has 2 heterocycles. The smallest absolute Gasteiger partial charge is 0.203 e. The second-order valence-corrected chi connectivity index (χ2v) is 5.38. The normalized spacial score (nSPS) is 12.8. The zero-order valence-electron chi connectivity index (χ0n) is 10.7. The van der Waals surface area contributed by atoms with Crippen molar-refractivity contribution >= 4 is 40.3 Å². The highest BCUT2D eigenvalue weighted by Crippen LogP contribution is 2.30. The van der Waals surface area contributed by atoms with Gasteiger partial charge in [0, 0.05) is 11.2 Å². The minimum Gasteiger partial charge on any atom is -0.369 e. The van der Waals surface area contributed by atoms with E-state index in [1.165, 1.54) is 0 Å². The van der Waals surface area contributed by atoms with Crippen molar-refractivity contribution in [2.45, 2.75) is 13.0 Å². The molecule has 2 aromatic heterocycles. The number of benzene rings is 1. The van der Waals surface area contributed by atoms with Crippen LogP contribution in [0.4, 0.5) is 5.95 Å². The minimum absolute atomic E-state index is 0.0672. The molecular formula is C14H12Cl2N4. The quantitative estimate of drug-likeness (QED) is 0.780. The maximum atomic E-state index is 6.25. The predicted octanol–water partition coefficient (Wildman–Crippen LogP) is 3.93. The minimum atomic E-state index is -0.0672.